The van der Waals surface area contributed by atoms with Crippen molar-refractivity contribution in [2.75, 3.05) is 13.1 Å². The van der Waals surface area contributed by atoms with Crippen LogP contribution in [0.3, 0.4) is 0 Å². The van der Waals surface area contributed by atoms with Crippen molar-refractivity contribution in [3.8, 4) is 0 Å². The van der Waals surface area contributed by atoms with E-state index in [0.717, 1.165) is 23.3 Å². The number of amides is 1. The number of fused-ring (bicyclic) bond motifs is 1. The van der Waals surface area contributed by atoms with Gasteiger partial charge in [-0.15, -0.1) is 0 Å². The number of sulfonamides is 1. The maximum Gasteiger partial charge on any atom is 0.308 e. The van der Waals surface area contributed by atoms with E-state index in [2.05, 4.69) is 5.32 Å². The zero-order valence-corrected chi connectivity index (χ0v) is 18.9. The molecule has 8 nitrogen and oxygen atoms in total. The van der Waals surface area contributed by atoms with Crippen LogP contribution in [0, 0.1) is 5.92 Å². The molecule has 31 heavy (non-hydrogen) atoms. The van der Waals surface area contributed by atoms with E-state index in [1.54, 1.807) is 41.2 Å². The second kappa shape index (κ2) is 8.97. The number of rotatable bonds is 7. The molecule has 0 atom stereocenters. The molecule has 0 saturated carbocycles. The van der Waals surface area contributed by atoms with Crippen LogP contribution in [0.4, 0.5) is 0 Å². The second-order valence-corrected chi connectivity index (χ2v) is 10.6. The maximum absolute atomic E-state index is 13.1. The minimum Gasteiger partial charge on any atom is -0.467 e. The highest BCUT2D eigenvalue weighted by atomic mass is 32.2. The number of carbonyl (C=O) groups excluding carboxylic acids is 1. The van der Waals surface area contributed by atoms with Crippen molar-refractivity contribution >= 4 is 37.5 Å². The molecule has 0 aliphatic carbocycles. The van der Waals surface area contributed by atoms with Crippen LogP contribution in [0.1, 0.15) is 31.9 Å². The Morgan fingerprint density at radius 1 is 1.26 bits per heavy atom. The van der Waals surface area contributed by atoms with Crippen molar-refractivity contribution in [2.24, 2.45) is 5.92 Å². The molecule has 0 unspecified atom stereocenters. The lowest BCUT2D eigenvalue weighted by Crippen LogP contribution is -2.42. The minimum absolute atomic E-state index is 0.0761. The van der Waals surface area contributed by atoms with E-state index < -0.39 is 10.0 Å². The van der Waals surface area contributed by atoms with Crippen molar-refractivity contribution in [3.63, 3.8) is 0 Å². The first kappa shape index (κ1) is 21.8. The van der Waals surface area contributed by atoms with E-state index in [4.69, 9.17) is 4.42 Å². The molecule has 1 aliphatic heterocycles. The number of benzene rings is 1. The van der Waals surface area contributed by atoms with E-state index in [1.165, 1.54) is 4.31 Å². The van der Waals surface area contributed by atoms with Gasteiger partial charge >= 0.3 is 4.87 Å². The average molecular weight is 464 g/mol. The van der Waals surface area contributed by atoms with Crippen LogP contribution < -0.4 is 10.2 Å². The molecule has 3 heterocycles. The third-order valence-corrected chi connectivity index (χ3v) is 8.40. The minimum atomic E-state index is -3.68. The van der Waals surface area contributed by atoms with E-state index in [9.17, 15) is 18.0 Å². The van der Waals surface area contributed by atoms with Gasteiger partial charge in [0.2, 0.25) is 15.9 Å². The number of thiazole rings is 1. The number of nitrogens with one attached hydrogen (secondary N) is 1. The molecule has 3 aromatic rings. The lowest BCUT2D eigenvalue weighted by atomic mass is 9.97. The molecular weight excluding hydrogens is 438 g/mol. The Morgan fingerprint density at radius 2 is 2.03 bits per heavy atom. The van der Waals surface area contributed by atoms with Crippen LogP contribution in [-0.4, -0.2) is 36.3 Å². The SMILES string of the molecule is CCCn1c(=O)sc2cc(S(=O)(=O)N3CCC(C(=O)NCc4ccco4)CC3)ccc21. The molecule has 1 aromatic carbocycles. The summed E-state index contributed by atoms with van der Waals surface area (Å²) in [4.78, 5) is 24.7. The molecule has 4 rings (SSSR count). The summed E-state index contributed by atoms with van der Waals surface area (Å²) in [5, 5.41) is 2.85. The number of nitrogens with zero attached hydrogens (tertiary/aromatic N) is 2. The van der Waals surface area contributed by atoms with Gasteiger partial charge in [-0.3, -0.25) is 14.2 Å². The Kier molecular flexibility index (Phi) is 6.31. The standard InChI is InChI=1S/C21H25N3O5S2/c1-2-9-24-18-6-5-17(13-19(18)30-21(24)26)31(27,28)23-10-7-15(8-11-23)20(25)22-14-16-4-3-12-29-16/h3-6,12-13,15H,2,7-11,14H2,1H3,(H,22,25). The van der Waals surface area contributed by atoms with Crippen molar-refractivity contribution in [3.05, 3.63) is 52.0 Å². The van der Waals surface area contributed by atoms with Gasteiger partial charge in [-0.05, 0) is 49.6 Å². The lowest BCUT2D eigenvalue weighted by Gasteiger charge is -2.30. The number of hydrogen-bond acceptors (Lipinski definition) is 6. The molecule has 2 aromatic heterocycles. The topological polar surface area (TPSA) is 102 Å². The van der Waals surface area contributed by atoms with Gasteiger partial charge < -0.3 is 9.73 Å². The van der Waals surface area contributed by atoms with Gasteiger partial charge in [-0.2, -0.15) is 4.31 Å². The predicted octanol–water partition coefficient (Wildman–Crippen LogP) is 2.78. The predicted molar refractivity (Wildman–Crippen MR) is 118 cm³/mol. The van der Waals surface area contributed by atoms with Crippen molar-refractivity contribution in [2.45, 2.75) is 44.2 Å². The summed E-state index contributed by atoms with van der Waals surface area (Å²) in [5.41, 5.74) is 0.766. The number of aromatic nitrogens is 1. The lowest BCUT2D eigenvalue weighted by molar-refractivity contribution is -0.126. The van der Waals surface area contributed by atoms with E-state index in [-0.39, 0.29) is 34.7 Å². The molecular formula is C21H25N3O5S2. The van der Waals surface area contributed by atoms with Gasteiger partial charge in [0.15, 0.2) is 0 Å². The summed E-state index contributed by atoms with van der Waals surface area (Å²) >= 11 is 1.07. The maximum atomic E-state index is 13.1. The summed E-state index contributed by atoms with van der Waals surface area (Å²) in [6.07, 6.45) is 3.31. The number of carbonyl (C=O) groups is 1. The molecule has 1 aliphatic rings. The Balaban J connectivity index is 1.43. The fourth-order valence-corrected chi connectivity index (χ4v) is 6.41. The number of aryl methyl sites for hydroxylation is 1. The van der Waals surface area contributed by atoms with E-state index >= 15 is 0 Å². The first-order valence-corrected chi connectivity index (χ1v) is 12.6. The highest BCUT2D eigenvalue weighted by Crippen LogP contribution is 2.27. The largest absolute Gasteiger partial charge is 0.467 e. The summed E-state index contributed by atoms with van der Waals surface area (Å²) in [6, 6.07) is 8.42. The summed E-state index contributed by atoms with van der Waals surface area (Å²) < 4.78 is 35.3. The van der Waals surface area contributed by atoms with Gasteiger partial charge in [0.1, 0.15) is 5.76 Å². The van der Waals surface area contributed by atoms with Crippen LogP contribution in [0.5, 0.6) is 0 Å². The monoisotopic (exact) mass is 463 g/mol. The molecule has 166 valence electrons. The Labute approximate surface area is 184 Å². The summed E-state index contributed by atoms with van der Waals surface area (Å²) in [7, 11) is -3.68. The molecule has 1 N–H and O–H groups in total. The van der Waals surface area contributed by atoms with E-state index in [0.29, 0.717) is 36.4 Å². The van der Waals surface area contributed by atoms with Crippen molar-refractivity contribution in [1.82, 2.24) is 14.2 Å². The molecule has 1 saturated heterocycles. The van der Waals surface area contributed by atoms with Crippen LogP contribution in [0.15, 0.2) is 50.7 Å². The Bertz CT molecular complexity index is 1220. The van der Waals surface area contributed by atoms with Gasteiger partial charge in [-0.25, -0.2) is 8.42 Å². The summed E-state index contributed by atoms with van der Waals surface area (Å²) in [5.74, 6) is 0.368. The number of furan rings is 1. The first-order chi connectivity index (χ1) is 14.9. The molecule has 0 spiro atoms. The quantitative estimate of drug-likeness (QED) is 0.581. The molecule has 0 radical (unpaired) electrons. The molecule has 10 heteroatoms. The fourth-order valence-electron chi connectivity index (χ4n) is 3.88. The zero-order chi connectivity index (χ0) is 22.0. The normalized spacial score (nSPS) is 16.0. The summed E-state index contributed by atoms with van der Waals surface area (Å²) in [6.45, 7) is 3.50. The van der Waals surface area contributed by atoms with Crippen LogP contribution in [0.2, 0.25) is 0 Å². The van der Waals surface area contributed by atoms with Gasteiger partial charge in [0.05, 0.1) is 27.9 Å². The second-order valence-electron chi connectivity index (χ2n) is 7.62. The van der Waals surface area contributed by atoms with Crippen LogP contribution in [-0.2, 0) is 27.9 Å². The van der Waals surface area contributed by atoms with Crippen LogP contribution >= 0.6 is 11.3 Å². The van der Waals surface area contributed by atoms with E-state index in [1.807, 2.05) is 6.92 Å². The van der Waals surface area contributed by atoms with Crippen molar-refractivity contribution < 1.29 is 17.6 Å². The average Bonchev–Trinajstić information content (AvgIpc) is 3.40. The fraction of sp³-hybridized carbons (Fsp3) is 0.429. The zero-order valence-electron chi connectivity index (χ0n) is 17.2. The van der Waals surface area contributed by atoms with Crippen LogP contribution in [0.25, 0.3) is 10.2 Å². The third-order valence-electron chi connectivity index (χ3n) is 5.57. The van der Waals surface area contributed by atoms with Gasteiger partial charge in [0.25, 0.3) is 0 Å². The molecule has 0 bridgehead atoms. The number of piperidine rings is 1. The first-order valence-electron chi connectivity index (χ1n) is 10.3. The van der Waals surface area contributed by atoms with Crippen molar-refractivity contribution in [1.29, 1.82) is 0 Å². The Hall–Kier alpha value is -2.43. The highest BCUT2D eigenvalue weighted by molar-refractivity contribution is 7.89. The highest BCUT2D eigenvalue weighted by Gasteiger charge is 2.32. The molecule has 1 amide bonds. The van der Waals surface area contributed by atoms with Gasteiger partial charge in [-0.1, -0.05) is 18.3 Å². The smallest absolute Gasteiger partial charge is 0.308 e. The number of hydrogen-bond donors (Lipinski definition) is 1. The Morgan fingerprint density at radius 3 is 2.71 bits per heavy atom. The molecule has 1 fully saturated rings. The third kappa shape index (κ3) is 4.46. The van der Waals surface area contributed by atoms with Gasteiger partial charge in [0, 0.05) is 25.6 Å².